The third kappa shape index (κ3) is 7.06. The first-order valence-corrected chi connectivity index (χ1v) is 3.57. The molecule has 0 fully saturated rings. The minimum Gasteiger partial charge on any atom is -0.481 e. The Kier molecular flexibility index (Phi) is 5.47. The SMILES string of the molecule is C=CCOC[C@H](C)CC(=O)O. The molecule has 0 aromatic carbocycles. The lowest BCUT2D eigenvalue weighted by atomic mass is 10.1. The number of hydrogen-bond acceptors (Lipinski definition) is 2. The van der Waals surface area contributed by atoms with Crippen molar-refractivity contribution >= 4 is 5.97 Å². The zero-order valence-corrected chi connectivity index (χ0v) is 6.75. The maximum atomic E-state index is 10.2. The zero-order valence-electron chi connectivity index (χ0n) is 6.75. The summed E-state index contributed by atoms with van der Waals surface area (Å²) >= 11 is 0. The van der Waals surface area contributed by atoms with Gasteiger partial charge in [0.2, 0.25) is 0 Å². The van der Waals surface area contributed by atoms with E-state index in [0.29, 0.717) is 13.2 Å². The fourth-order valence-corrected chi connectivity index (χ4v) is 0.710. The van der Waals surface area contributed by atoms with E-state index >= 15 is 0 Å². The molecule has 0 aromatic heterocycles. The van der Waals surface area contributed by atoms with Gasteiger partial charge >= 0.3 is 5.97 Å². The summed E-state index contributed by atoms with van der Waals surface area (Å²) in [5.74, 6) is -0.702. The van der Waals surface area contributed by atoms with Crippen LogP contribution in [0.4, 0.5) is 0 Å². The molecule has 0 unspecified atom stereocenters. The van der Waals surface area contributed by atoms with E-state index in [1.165, 1.54) is 0 Å². The highest BCUT2D eigenvalue weighted by molar-refractivity contribution is 5.66. The highest BCUT2D eigenvalue weighted by Crippen LogP contribution is 2.01. The van der Waals surface area contributed by atoms with E-state index in [-0.39, 0.29) is 12.3 Å². The molecule has 0 aliphatic rings. The second-order valence-corrected chi connectivity index (χ2v) is 2.53. The molecule has 0 aliphatic carbocycles. The molecule has 0 aromatic rings. The zero-order chi connectivity index (χ0) is 8.69. The first-order valence-electron chi connectivity index (χ1n) is 3.57. The Bertz CT molecular complexity index is 131. The molecule has 1 N–H and O–H groups in total. The number of carboxylic acid groups (broad SMARTS) is 1. The van der Waals surface area contributed by atoms with Crippen molar-refractivity contribution in [3.8, 4) is 0 Å². The molecule has 0 aliphatic heterocycles. The molecule has 11 heavy (non-hydrogen) atoms. The standard InChI is InChI=1S/C8H14O3/c1-3-4-11-6-7(2)5-8(9)10/h3,7H,1,4-6H2,2H3,(H,9,10)/t7-/m1/s1. The molecule has 0 heterocycles. The van der Waals surface area contributed by atoms with Crippen molar-refractivity contribution < 1.29 is 14.6 Å². The smallest absolute Gasteiger partial charge is 0.303 e. The Morgan fingerprint density at radius 1 is 1.82 bits per heavy atom. The van der Waals surface area contributed by atoms with Crippen LogP contribution in [0.1, 0.15) is 13.3 Å². The first-order chi connectivity index (χ1) is 5.16. The molecule has 0 spiro atoms. The summed E-state index contributed by atoms with van der Waals surface area (Å²) in [6.07, 6.45) is 1.81. The highest BCUT2D eigenvalue weighted by Gasteiger charge is 2.06. The van der Waals surface area contributed by atoms with E-state index in [0.717, 1.165) is 0 Å². The lowest BCUT2D eigenvalue weighted by Gasteiger charge is -2.07. The maximum absolute atomic E-state index is 10.2. The summed E-state index contributed by atoms with van der Waals surface area (Å²) in [6.45, 7) is 6.30. The van der Waals surface area contributed by atoms with Crippen LogP contribution >= 0.6 is 0 Å². The summed E-state index contributed by atoms with van der Waals surface area (Å²) in [5.41, 5.74) is 0. The maximum Gasteiger partial charge on any atom is 0.303 e. The second-order valence-electron chi connectivity index (χ2n) is 2.53. The fraction of sp³-hybridized carbons (Fsp3) is 0.625. The van der Waals surface area contributed by atoms with Gasteiger partial charge in [0.25, 0.3) is 0 Å². The number of rotatable bonds is 6. The van der Waals surface area contributed by atoms with Gasteiger partial charge in [0, 0.05) is 0 Å². The van der Waals surface area contributed by atoms with Gasteiger partial charge in [0.05, 0.1) is 19.6 Å². The minimum absolute atomic E-state index is 0.0763. The van der Waals surface area contributed by atoms with Crippen LogP contribution in [-0.2, 0) is 9.53 Å². The van der Waals surface area contributed by atoms with Crippen molar-refractivity contribution in [2.75, 3.05) is 13.2 Å². The molecule has 0 rings (SSSR count). The van der Waals surface area contributed by atoms with Crippen molar-refractivity contribution in [1.82, 2.24) is 0 Å². The van der Waals surface area contributed by atoms with Crippen LogP contribution < -0.4 is 0 Å². The summed E-state index contributed by atoms with van der Waals surface area (Å²) in [4.78, 5) is 10.2. The van der Waals surface area contributed by atoms with Crippen LogP contribution in [0, 0.1) is 5.92 Å². The summed E-state index contributed by atoms with van der Waals surface area (Å²) < 4.78 is 5.06. The van der Waals surface area contributed by atoms with Crippen LogP contribution in [0.2, 0.25) is 0 Å². The number of carboxylic acids is 1. The van der Waals surface area contributed by atoms with Gasteiger partial charge in [0.1, 0.15) is 0 Å². The third-order valence-corrected chi connectivity index (χ3v) is 1.16. The Labute approximate surface area is 66.7 Å². The van der Waals surface area contributed by atoms with Crippen molar-refractivity contribution in [1.29, 1.82) is 0 Å². The van der Waals surface area contributed by atoms with E-state index in [1.807, 2.05) is 6.92 Å². The van der Waals surface area contributed by atoms with Crippen molar-refractivity contribution in [3.05, 3.63) is 12.7 Å². The predicted molar refractivity (Wildman–Crippen MR) is 42.4 cm³/mol. The summed E-state index contributed by atoms with van der Waals surface area (Å²) in [5, 5.41) is 8.36. The van der Waals surface area contributed by atoms with Gasteiger partial charge < -0.3 is 9.84 Å². The molecule has 3 heteroatoms. The van der Waals surface area contributed by atoms with E-state index in [4.69, 9.17) is 9.84 Å². The summed E-state index contributed by atoms with van der Waals surface area (Å²) in [6, 6.07) is 0. The molecule has 3 nitrogen and oxygen atoms in total. The molecule has 64 valence electrons. The first kappa shape index (κ1) is 10.2. The Balaban J connectivity index is 3.28. The number of carbonyl (C=O) groups is 1. The van der Waals surface area contributed by atoms with E-state index in [9.17, 15) is 4.79 Å². The van der Waals surface area contributed by atoms with Gasteiger partial charge in [0.15, 0.2) is 0 Å². The number of ether oxygens (including phenoxy) is 1. The van der Waals surface area contributed by atoms with Crippen LogP contribution in [0.15, 0.2) is 12.7 Å². The third-order valence-electron chi connectivity index (χ3n) is 1.16. The molecule has 1 atom stereocenters. The molecular formula is C8H14O3. The molecule has 0 bridgehead atoms. The lowest BCUT2D eigenvalue weighted by Crippen LogP contribution is -2.10. The van der Waals surface area contributed by atoms with Gasteiger partial charge in [-0.05, 0) is 5.92 Å². The monoisotopic (exact) mass is 158 g/mol. The van der Waals surface area contributed by atoms with Crippen molar-refractivity contribution in [2.45, 2.75) is 13.3 Å². The van der Waals surface area contributed by atoms with E-state index < -0.39 is 5.97 Å². The molecule has 0 saturated heterocycles. The van der Waals surface area contributed by atoms with Gasteiger partial charge in [-0.15, -0.1) is 6.58 Å². The predicted octanol–water partition coefficient (Wildman–Crippen LogP) is 1.30. The summed E-state index contributed by atoms with van der Waals surface area (Å²) in [7, 11) is 0. The number of aliphatic carboxylic acids is 1. The van der Waals surface area contributed by atoms with Gasteiger partial charge in [-0.2, -0.15) is 0 Å². The van der Waals surface area contributed by atoms with Crippen LogP contribution in [0.3, 0.4) is 0 Å². The van der Waals surface area contributed by atoms with Crippen LogP contribution in [0.25, 0.3) is 0 Å². The van der Waals surface area contributed by atoms with Crippen molar-refractivity contribution in [2.24, 2.45) is 5.92 Å². The Morgan fingerprint density at radius 3 is 2.91 bits per heavy atom. The average Bonchev–Trinajstić information content (AvgIpc) is 1.86. The van der Waals surface area contributed by atoms with Gasteiger partial charge in [-0.3, -0.25) is 4.79 Å². The highest BCUT2D eigenvalue weighted by atomic mass is 16.5. The molecular weight excluding hydrogens is 144 g/mol. The minimum atomic E-state index is -0.778. The quantitative estimate of drug-likeness (QED) is 0.468. The number of hydrogen-bond donors (Lipinski definition) is 1. The largest absolute Gasteiger partial charge is 0.481 e. The topological polar surface area (TPSA) is 46.5 Å². The van der Waals surface area contributed by atoms with Gasteiger partial charge in [-0.25, -0.2) is 0 Å². The van der Waals surface area contributed by atoms with Crippen molar-refractivity contribution in [3.63, 3.8) is 0 Å². The van der Waals surface area contributed by atoms with Crippen LogP contribution in [-0.4, -0.2) is 24.3 Å². The van der Waals surface area contributed by atoms with Crippen LogP contribution in [0.5, 0.6) is 0 Å². The second kappa shape index (κ2) is 5.92. The Morgan fingerprint density at radius 2 is 2.45 bits per heavy atom. The molecule has 0 saturated carbocycles. The van der Waals surface area contributed by atoms with E-state index in [1.54, 1.807) is 6.08 Å². The average molecular weight is 158 g/mol. The normalized spacial score (nSPS) is 12.5. The lowest BCUT2D eigenvalue weighted by molar-refractivity contribution is -0.138. The molecule has 0 amide bonds. The fourth-order valence-electron chi connectivity index (χ4n) is 0.710. The van der Waals surface area contributed by atoms with E-state index in [2.05, 4.69) is 6.58 Å². The van der Waals surface area contributed by atoms with Gasteiger partial charge in [-0.1, -0.05) is 13.0 Å². The molecule has 0 radical (unpaired) electrons. The Hall–Kier alpha value is -0.830.